The molecule has 0 atom stereocenters. The molecule has 0 saturated heterocycles. The molecule has 0 heterocycles. The lowest BCUT2D eigenvalue weighted by Crippen LogP contribution is -2.37. The van der Waals surface area contributed by atoms with Crippen LogP contribution in [0.4, 0.5) is 5.69 Å². The van der Waals surface area contributed by atoms with Crippen LogP contribution in [0.1, 0.15) is 87.9 Å². The number of ether oxygens (including phenoxy) is 1. The van der Waals surface area contributed by atoms with Gasteiger partial charge in [-0.3, -0.25) is 0 Å². The first-order valence-electron chi connectivity index (χ1n) is 10.5. The van der Waals surface area contributed by atoms with E-state index in [0.717, 1.165) is 5.69 Å². The second-order valence-corrected chi connectivity index (χ2v) is 7.76. The first-order chi connectivity index (χ1) is 13.2. The van der Waals surface area contributed by atoms with E-state index in [4.69, 9.17) is 17.0 Å². The maximum atomic E-state index is 11.7. The van der Waals surface area contributed by atoms with Crippen LogP contribution in [-0.2, 0) is 4.74 Å². The molecule has 1 aliphatic carbocycles. The molecule has 1 saturated carbocycles. The number of nitrogens with one attached hydrogen (secondary N) is 2. The molecule has 1 aliphatic rings. The topological polar surface area (TPSA) is 50.4 Å². The van der Waals surface area contributed by atoms with Crippen LogP contribution in [0.3, 0.4) is 0 Å². The summed E-state index contributed by atoms with van der Waals surface area (Å²) in [5.41, 5.74) is 1.44. The van der Waals surface area contributed by atoms with E-state index in [-0.39, 0.29) is 5.97 Å². The second kappa shape index (κ2) is 12.7. The Labute approximate surface area is 169 Å². The van der Waals surface area contributed by atoms with Gasteiger partial charge in [0.2, 0.25) is 0 Å². The first kappa shape index (κ1) is 21.7. The van der Waals surface area contributed by atoms with Gasteiger partial charge in [-0.25, -0.2) is 4.79 Å². The molecule has 5 heteroatoms. The predicted octanol–water partition coefficient (Wildman–Crippen LogP) is 5.82. The van der Waals surface area contributed by atoms with E-state index >= 15 is 0 Å². The van der Waals surface area contributed by atoms with Crippen molar-refractivity contribution in [3.05, 3.63) is 29.8 Å². The normalized spacial score (nSPS) is 17.2. The minimum absolute atomic E-state index is 0.294. The Hall–Kier alpha value is -1.62. The Morgan fingerprint density at radius 3 is 2.00 bits per heavy atom. The number of hydrogen-bond donors (Lipinski definition) is 2. The van der Waals surface area contributed by atoms with Crippen LogP contribution < -0.4 is 10.6 Å². The zero-order valence-electron chi connectivity index (χ0n) is 16.6. The third-order valence-electron chi connectivity index (χ3n) is 5.09. The molecule has 1 fully saturated rings. The summed E-state index contributed by atoms with van der Waals surface area (Å²) >= 11 is 5.52. The van der Waals surface area contributed by atoms with Gasteiger partial charge in [0.1, 0.15) is 0 Å². The highest BCUT2D eigenvalue weighted by Crippen LogP contribution is 2.17. The van der Waals surface area contributed by atoms with E-state index < -0.39 is 0 Å². The summed E-state index contributed by atoms with van der Waals surface area (Å²) in [5.74, 6) is -0.294. The van der Waals surface area contributed by atoms with Gasteiger partial charge in [-0.15, -0.1) is 0 Å². The lowest BCUT2D eigenvalue weighted by Gasteiger charge is -2.21. The average Bonchev–Trinajstić information content (AvgIpc) is 2.64. The number of carbonyl (C=O) groups is 1. The molecule has 0 amide bonds. The van der Waals surface area contributed by atoms with Crippen LogP contribution in [0.5, 0.6) is 0 Å². The van der Waals surface area contributed by atoms with Gasteiger partial charge in [0.05, 0.1) is 12.2 Å². The first-order valence-corrected chi connectivity index (χ1v) is 10.9. The van der Waals surface area contributed by atoms with Gasteiger partial charge in [-0.1, -0.05) is 57.8 Å². The van der Waals surface area contributed by atoms with Gasteiger partial charge in [0.15, 0.2) is 5.11 Å². The number of carbonyl (C=O) groups excluding carboxylic acids is 1. The van der Waals surface area contributed by atoms with Gasteiger partial charge in [0.25, 0.3) is 0 Å². The third kappa shape index (κ3) is 8.74. The number of rotatable bonds is 4. The number of thiocarbonyl (C=S) groups is 1. The van der Waals surface area contributed by atoms with Crippen LogP contribution in [0.2, 0.25) is 0 Å². The van der Waals surface area contributed by atoms with Crippen molar-refractivity contribution >= 4 is 29.0 Å². The molecule has 0 radical (unpaired) electrons. The van der Waals surface area contributed by atoms with Crippen molar-refractivity contribution in [2.45, 2.75) is 83.6 Å². The molecular formula is C22H34N2O2S. The van der Waals surface area contributed by atoms with Crippen molar-refractivity contribution in [2.24, 2.45) is 0 Å². The summed E-state index contributed by atoms with van der Waals surface area (Å²) in [6.07, 6.45) is 14.5. The Morgan fingerprint density at radius 1 is 0.963 bits per heavy atom. The van der Waals surface area contributed by atoms with Crippen LogP contribution >= 0.6 is 12.2 Å². The largest absolute Gasteiger partial charge is 0.462 e. The average molecular weight is 391 g/mol. The molecule has 0 spiro atoms. The van der Waals surface area contributed by atoms with Crippen molar-refractivity contribution in [3.8, 4) is 0 Å². The van der Waals surface area contributed by atoms with Crippen LogP contribution in [0.15, 0.2) is 24.3 Å². The summed E-state index contributed by atoms with van der Waals surface area (Å²) in [7, 11) is 0. The van der Waals surface area contributed by atoms with E-state index in [2.05, 4.69) is 10.6 Å². The molecule has 0 aliphatic heterocycles. The number of anilines is 1. The smallest absolute Gasteiger partial charge is 0.338 e. The third-order valence-corrected chi connectivity index (χ3v) is 5.31. The standard InChI is InChI=1S/C22H34N2O2S/c1-2-26-21(25)18-14-16-20(17-15-18)24-22(27)23-19-12-10-8-6-4-3-5-7-9-11-13-19/h14-17,19H,2-13H2,1H3,(H2,23,24,27). The van der Waals surface area contributed by atoms with Crippen molar-refractivity contribution in [1.29, 1.82) is 0 Å². The maximum absolute atomic E-state index is 11.7. The Balaban J connectivity index is 1.81. The highest BCUT2D eigenvalue weighted by molar-refractivity contribution is 7.80. The van der Waals surface area contributed by atoms with Crippen LogP contribution in [0, 0.1) is 0 Å². The van der Waals surface area contributed by atoms with Crippen molar-refractivity contribution in [1.82, 2.24) is 5.32 Å². The minimum atomic E-state index is -0.294. The Morgan fingerprint density at radius 2 is 1.48 bits per heavy atom. The zero-order chi connectivity index (χ0) is 19.3. The molecule has 0 bridgehead atoms. The second-order valence-electron chi connectivity index (χ2n) is 7.35. The highest BCUT2D eigenvalue weighted by Gasteiger charge is 2.11. The number of esters is 1. The molecule has 150 valence electrons. The summed E-state index contributed by atoms with van der Waals surface area (Å²) in [4.78, 5) is 11.7. The van der Waals surface area contributed by atoms with E-state index in [1.54, 1.807) is 19.1 Å². The summed E-state index contributed by atoms with van der Waals surface area (Å²) in [6.45, 7) is 2.19. The van der Waals surface area contributed by atoms with E-state index in [1.807, 2.05) is 12.1 Å². The molecule has 2 N–H and O–H groups in total. The fraction of sp³-hybridized carbons (Fsp3) is 0.636. The maximum Gasteiger partial charge on any atom is 0.338 e. The molecule has 0 aromatic heterocycles. The molecule has 1 aromatic rings. The number of benzene rings is 1. The van der Waals surface area contributed by atoms with Gasteiger partial charge < -0.3 is 15.4 Å². The monoisotopic (exact) mass is 390 g/mol. The molecule has 27 heavy (non-hydrogen) atoms. The van der Waals surface area contributed by atoms with Crippen molar-refractivity contribution in [2.75, 3.05) is 11.9 Å². The fourth-order valence-corrected chi connectivity index (χ4v) is 3.85. The Bertz CT molecular complexity index is 562. The summed E-state index contributed by atoms with van der Waals surface area (Å²) < 4.78 is 5.01. The van der Waals surface area contributed by atoms with E-state index in [9.17, 15) is 4.79 Å². The molecule has 2 rings (SSSR count). The zero-order valence-corrected chi connectivity index (χ0v) is 17.4. The highest BCUT2D eigenvalue weighted by atomic mass is 32.1. The van der Waals surface area contributed by atoms with Crippen LogP contribution in [0.25, 0.3) is 0 Å². The van der Waals surface area contributed by atoms with Crippen molar-refractivity contribution < 1.29 is 9.53 Å². The predicted molar refractivity (Wildman–Crippen MR) is 116 cm³/mol. The van der Waals surface area contributed by atoms with E-state index in [0.29, 0.717) is 23.3 Å². The Kier molecular flexibility index (Phi) is 10.2. The molecule has 1 aromatic carbocycles. The molecule has 4 nitrogen and oxygen atoms in total. The fourth-order valence-electron chi connectivity index (χ4n) is 3.56. The quantitative estimate of drug-likeness (QED) is 0.501. The molecule has 0 unspecified atom stereocenters. The van der Waals surface area contributed by atoms with Gasteiger partial charge in [-0.05, 0) is 56.2 Å². The minimum Gasteiger partial charge on any atom is -0.462 e. The van der Waals surface area contributed by atoms with Crippen LogP contribution in [-0.4, -0.2) is 23.7 Å². The summed E-state index contributed by atoms with van der Waals surface area (Å²) in [6, 6.07) is 7.70. The van der Waals surface area contributed by atoms with Gasteiger partial charge in [0, 0.05) is 11.7 Å². The lowest BCUT2D eigenvalue weighted by atomic mass is 9.98. The van der Waals surface area contributed by atoms with Crippen molar-refractivity contribution in [3.63, 3.8) is 0 Å². The lowest BCUT2D eigenvalue weighted by molar-refractivity contribution is 0.0526. The SMILES string of the molecule is CCOC(=O)c1ccc(NC(=S)NC2CCCCCCCCCCC2)cc1. The molecular weight excluding hydrogens is 356 g/mol. The number of hydrogen-bond acceptors (Lipinski definition) is 3. The van der Waals surface area contributed by atoms with Gasteiger partial charge in [-0.2, -0.15) is 0 Å². The van der Waals surface area contributed by atoms with E-state index in [1.165, 1.54) is 70.6 Å². The summed E-state index contributed by atoms with van der Waals surface area (Å²) in [5, 5.41) is 7.41. The van der Waals surface area contributed by atoms with Gasteiger partial charge >= 0.3 is 5.97 Å².